The highest BCUT2D eigenvalue weighted by atomic mass is 35.5. The van der Waals surface area contributed by atoms with Crippen molar-refractivity contribution in [3.8, 4) is 0 Å². The van der Waals surface area contributed by atoms with Crippen LogP contribution in [0.4, 0.5) is 0 Å². The van der Waals surface area contributed by atoms with E-state index in [0.29, 0.717) is 11.1 Å². The first kappa shape index (κ1) is 12.9. The molecule has 1 saturated heterocycles. The van der Waals surface area contributed by atoms with Gasteiger partial charge in [0.25, 0.3) is 0 Å². The Hall–Kier alpha value is -1.06. The zero-order chi connectivity index (χ0) is 13.5. The number of halogens is 1. The predicted molar refractivity (Wildman–Crippen MR) is 76.4 cm³/mol. The van der Waals surface area contributed by atoms with Crippen molar-refractivity contribution in [2.75, 3.05) is 20.1 Å². The largest absolute Gasteiger partial charge is 0.341 e. The van der Waals surface area contributed by atoms with Crippen molar-refractivity contribution in [1.29, 1.82) is 0 Å². The molecule has 1 aliphatic heterocycles. The molecule has 3 nitrogen and oxygen atoms in total. The minimum absolute atomic E-state index is 0.253. The molecule has 1 aromatic carbocycles. The van der Waals surface area contributed by atoms with Crippen molar-refractivity contribution < 1.29 is 4.79 Å². The highest BCUT2D eigenvalue weighted by Crippen LogP contribution is 2.50. The fourth-order valence-corrected chi connectivity index (χ4v) is 3.20. The maximum Gasteiger partial charge on any atom is 0.233 e. The zero-order valence-electron chi connectivity index (χ0n) is 11.2. The maximum atomic E-state index is 12.8. The minimum Gasteiger partial charge on any atom is -0.341 e. The molecule has 2 fully saturated rings. The summed E-state index contributed by atoms with van der Waals surface area (Å²) in [4.78, 5) is 14.7. The predicted octanol–water partition coefficient (Wildman–Crippen LogP) is 2.19. The molecule has 0 radical (unpaired) electrons. The third-order valence-corrected chi connectivity index (χ3v) is 4.67. The number of carbonyl (C=O) groups excluding carboxylic acids is 1. The van der Waals surface area contributed by atoms with Crippen molar-refractivity contribution in [2.24, 2.45) is 0 Å². The van der Waals surface area contributed by atoms with Gasteiger partial charge in [-0.1, -0.05) is 23.7 Å². The summed E-state index contributed by atoms with van der Waals surface area (Å²) < 4.78 is 0. The first-order chi connectivity index (χ1) is 9.13. The van der Waals surface area contributed by atoms with Crippen LogP contribution in [-0.4, -0.2) is 37.0 Å². The highest BCUT2D eigenvalue weighted by molar-refractivity contribution is 6.30. The third-order valence-electron chi connectivity index (χ3n) is 4.44. The summed E-state index contributed by atoms with van der Waals surface area (Å²) >= 11 is 6.06. The van der Waals surface area contributed by atoms with E-state index in [4.69, 9.17) is 11.6 Å². The minimum atomic E-state index is -0.303. The summed E-state index contributed by atoms with van der Waals surface area (Å²) in [6.45, 7) is 1.92. The van der Waals surface area contributed by atoms with E-state index in [-0.39, 0.29) is 11.3 Å². The molecule has 19 heavy (non-hydrogen) atoms. The summed E-state index contributed by atoms with van der Waals surface area (Å²) in [5.74, 6) is 0.253. The molecule has 1 unspecified atom stereocenters. The number of rotatable bonds is 3. The standard InChI is InChI=1S/C15H19ClN2O/c1-18(13-5-8-17-10-13)14(19)15(6-7-15)11-3-2-4-12(16)9-11/h2-4,9,13,17H,5-8,10H2,1H3. The first-order valence-corrected chi connectivity index (χ1v) is 7.25. The molecule has 0 bridgehead atoms. The lowest BCUT2D eigenvalue weighted by Gasteiger charge is -2.28. The second kappa shape index (κ2) is 4.80. The molecule has 1 aromatic rings. The van der Waals surface area contributed by atoms with E-state index >= 15 is 0 Å². The number of amides is 1. The van der Waals surface area contributed by atoms with E-state index in [1.165, 1.54) is 0 Å². The van der Waals surface area contributed by atoms with Crippen molar-refractivity contribution in [2.45, 2.75) is 30.7 Å². The number of nitrogens with one attached hydrogen (secondary N) is 1. The molecule has 0 spiro atoms. The average Bonchev–Trinajstić information content (AvgIpc) is 3.05. The van der Waals surface area contributed by atoms with Crippen LogP contribution in [0.15, 0.2) is 24.3 Å². The Kier molecular flexibility index (Phi) is 3.27. The van der Waals surface area contributed by atoms with Crippen LogP contribution in [0.5, 0.6) is 0 Å². The van der Waals surface area contributed by atoms with Crippen LogP contribution in [0.2, 0.25) is 5.02 Å². The Balaban J connectivity index is 1.82. The normalized spacial score (nSPS) is 24.2. The van der Waals surface area contributed by atoms with Crippen molar-refractivity contribution in [3.05, 3.63) is 34.9 Å². The lowest BCUT2D eigenvalue weighted by Crippen LogP contribution is -2.44. The van der Waals surface area contributed by atoms with Crippen molar-refractivity contribution >= 4 is 17.5 Å². The van der Waals surface area contributed by atoms with Gasteiger partial charge in [-0.25, -0.2) is 0 Å². The fraction of sp³-hybridized carbons (Fsp3) is 0.533. The van der Waals surface area contributed by atoms with Crippen LogP contribution in [0.25, 0.3) is 0 Å². The van der Waals surface area contributed by atoms with Gasteiger partial charge < -0.3 is 10.2 Å². The number of hydrogen-bond donors (Lipinski definition) is 1. The Labute approximate surface area is 118 Å². The fourth-order valence-electron chi connectivity index (χ4n) is 3.01. The summed E-state index contributed by atoms with van der Waals surface area (Å²) in [7, 11) is 1.94. The monoisotopic (exact) mass is 278 g/mol. The maximum absolute atomic E-state index is 12.8. The average molecular weight is 279 g/mol. The molecule has 1 heterocycles. The topological polar surface area (TPSA) is 32.3 Å². The van der Waals surface area contributed by atoms with Gasteiger partial charge in [0.05, 0.1) is 5.41 Å². The van der Waals surface area contributed by atoms with Gasteiger partial charge in [0.15, 0.2) is 0 Å². The highest BCUT2D eigenvalue weighted by Gasteiger charge is 2.53. The van der Waals surface area contributed by atoms with E-state index in [9.17, 15) is 4.79 Å². The van der Waals surface area contributed by atoms with E-state index < -0.39 is 0 Å². The number of benzene rings is 1. The molecule has 1 N–H and O–H groups in total. The molecular weight excluding hydrogens is 260 g/mol. The smallest absolute Gasteiger partial charge is 0.233 e. The van der Waals surface area contributed by atoms with E-state index in [0.717, 1.165) is 37.9 Å². The van der Waals surface area contributed by atoms with Gasteiger partial charge in [0, 0.05) is 24.7 Å². The molecule has 1 saturated carbocycles. The van der Waals surface area contributed by atoms with Crippen LogP contribution in [0, 0.1) is 0 Å². The molecule has 1 amide bonds. The zero-order valence-corrected chi connectivity index (χ0v) is 11.9. The number of likely N-dealkylation sites (N-methyl/N-ethyl adjacent to an activating group) is 1. The Morgan fingerprint density at radius 2 is 2.26 bits per heavy atom. The van der Waals surface area contributed by atoms with Gasteiger partial charge in [-0.05, 0) is 43.5 Å². The second-order valence-corrected chi connectivity index (χ2v) is 6.09. The molecule has 2 aliphatic rings. The number of nitrogens with zero attached hydrogens (tertiary/aromatic N) is 1. The SMILES string of the molecule is CN(C(=O)C1(c2cccc(Cl)c2)CC1)C1CCNC1. The van der Waals surface area contributed by atoms with Gasteiger partial charge in [-0.2, -0.15) is 0 Å². The van der Waals surface area contributed by atoms with Gasteiger partial charge in [-0.3, -0.25) is 4.79 Å². The summed E-state index contributed by atoms with van der Waals surface area (Å²) in [5.41, 5.74) is 0.769. The van der Waals surface area contributed by atoms with E-state index in [1.54, 1.807) is 0 Å². The van der Waals surface area contributed by atoms with Gasteiger partial charge in [-0.15, -0.1) is 0 Å². The molecule has 0 aromatic heterocycles. The summed E-state index contributed by atoms with van der Waals surface area (Å²) in [6, 6.07) is 8.09. The molecular formula is C15H19ClN2O. The lowest BCUT2D eigenvalue weighted by molar-refractivity contribution is -0.134. The summed E-state index contributed by atoms with van der Waals surface area (Å²) in [6.07, 6.45) is 2.93. The molecule has 4 heteroatoms. The van der Waals surface area contributed by atoms with Crippen molar-refractivity contribution in [3.63, 3.8) is 0 Å². The number of hydrogen-bond acceptors (Lipinski definition) is 2. The van der Waals surface area contributed by atoms with Gasteiger partial charge in [0.2, 0.25) is 5.91 Å². The van der Waals surface area contributed by atoms with Gasteiger partial charge >= 0.3 is 0 Å². The van der Waals surface area contributed by atoms with Crippen LogP contribution in [-0.2, 0) is 10.2 Å². The first-order valence-electron chi connectivity index (χ1n) is 6.87. The molecule has 1 aliphatic carbocycles. The van der Waals surface area contributed by atoms with Crippen LogP contribution in [0.1, 0.15) is 24.8 Å². The van der Waals surface area contributed by atoms with Crippen molar-refractivity contribution in [1.82, 2.24) is 10.2 Å². The van der Waals surface area contributed by atoms with E-state index in [2.05, 4.69) is 5.32 Å². The Bertz CT molecular complexity index is 493. The van der Waals surface area contributed by atoms with Crippen LogP contribution in [0.3, 0.4) is 0 Å². The molecule has 1 atom stereocenters. The molecule has 3 rings (SSSR count). The van der Waals surface area contributed by atoms with Crippen LogP contribution < -0.4 is 5.32 Å². The Morgan fingerprint density at radius 3 is 2.84 bits per heavy atom. The van der Waals surface area contributed by atoms with Gasteiger partial charge in [0.1, 0.15) is 0 Å². The summed E-state index contributed by atoms with van der Waals surface area (Å²) in [5, 5.41) is 4.02. The second-order valence-electron chi connectivity index (χ2n) is 5.66. The Morgan fingerprint density at radius 1 is 1.47 bits per heavy atom. The van der Waals surface area contributed by atoms with E-state index in [1.807, 2.05) is 36.2 Å². The third kappa shape index (κ3) is 2.26. The van der Waals surface area contributed by atoms with Crippen LogP contribution >= 0.6 is 11.6 Å². The number of carbonyl (C=O) groups is 1. The lowest BCUT2D eigenvalue weighted by atomic mass is 9.94. The molecule has 102 valence electrons. The quantitative estimate of drug-likeness (QED) is 0.919.